The molecule has 5 heteroatoms. The van der Waals surface area contributed by atoms with Crippen LogP contribution in [0, 0.1) is 0 Å². The monoisotopic (exact) mass is 251 g/mol. The van der Waals surface area contributed by atoms with Gasteiger partial charge in [0.25, 0.3) is 0 Å². The Kier molecular flexibility index (Phi) is 3.71. The Balaban J connectivity index is 2.25. The summed E-state index contributed by atoms with van der Waals surface area (Å²) in [4.78, 5) is 12.7. The molecule has 1 aromatic rings. The van der Waals surface area contributed by atoms with Crippen LogP contribution in [-0.2, 0) is 4.79 Å². The van der Waals surface area contributed by atoms with Gasteiger partial charge in [-0.3, -0.25) is 4.79 Å². The van der Waals surface area contributed by atoms with Gasteiger partial charge < -0.3 is 16.8 Å². The molecule has 0 fully saturated rings. The minimum absolute atomic E-state index is 0.0361. The van der Waals surface area contributed by atoms with Crippen LogP contribution in [0.5, 0.6) is 0 Å². The van der Waals surface area contributed by atoms with Gasteiger partial charge in [-0.2, -0.15) is 0 Å². The fourth-order valence-electron chi connectivity index (χ4n) is 1.80. The van der Waals surface area contributed by atoms with Crippen molar-refractivity contribution in [1.82, 2.24) is 0 Å². The molecule has 1 amide bonds. The summed E-state index contributed by atoms with van der Waals surface area (Å²) in [5, 5.41) is 2.86. The zero-order chi connectivity index (χ0) is 12.4. The molecule has 0 bridgehead atoms. The summed E-state index contributed by atoms with van der Waals surface area (Å²) in [5.41, 5.74) is 13.4. The van der Waals surface area contributed by atoms with Crippen molar-refractivity contribution in [3.05, 3.63) is 23.8 Å². The molecule has 0 saturated heterocycles. The summed E-state index contributed by atoms with van der Waals surface area (Å²) in [5.74, 6) is 0.0482. The van der Waals surface area contributed by atoms with Crippen LogP contribution in [0.3, 0.4) is 0 Å². The van der Waals surface area contributed by atoms with Gasteiger partial charge in [0.2, 0.25) is 5.91 Å². The van der Waals surface area contributed by atoms with Crippen LogP contribution in [0.15, 0.2) is 23.1 Å². The molecule has 1 aliphatic heterocycles. The van der Waals surface area contributed by atoms with E-state index in [1.165, 1.54) is 0 Å². The highest BCUT2D eigenvalue weighted by atomic mass is 32.2. The second kappa shape index (κ2) is 5.08. The van der Waals surface area contributed by atoms with E-state index in [4.69, 9.17) is 11.5 Å². The van der Waals surface area contributed by atoms with Crippen molar-refractivity contribution < 1.29 is 4.79 Å². The molecule has 1 heterocycles. The summed E-state index contributed by atoms with van der Waals surface area (Å²) in [6.07, 6.45) is 0.746. The highest BCUT2D eigenvalue weighted by Crippen LogP contribution is 2.36. The van der Waals surface area contributed by atoms with Crippen LogP contribution >= 0.6 is 11.8 Å². The van der Waals surface area contributed by atoms with Crippen LogP contribution in [0.2, 0.25) is 0 Å². The van der Waals surface area contributed by atoms with E-state index in [2.05, 4.69) is 5.32 Å². The van der Waals surface area contributed by atoms with Crippen molar-refractivity contribution >= 4 is 23.4 Å². The number of amides is 1. The van der Waals surface area contributed by atoms with Crippen LogP contribution < -0.4 is 16.8 Å². The fraction of sp³-hybridized carbons (Fsp3) is 0.417. The lowest BCUT2D eigenvalue weighted by molar-refractivity contribution is -0.115. The molecule has 1 aliphatic rings. The number of carbonyl (C=O) groups is 1. The first-order valence-electron chi connectivity index (χ1n) is 5.69. The van der Waals surface area contributed by atoms with Gasteiger partial charge in [-0.05, 0) is 37.6 Å². The lowest BCUT2D eigenvalue weighted by Gasteiger charge is -2.23. The van der Waals surface area contributed by atoms with Crippen LogP contribution in [0.4, 0.5) is 5.69 Å². The van der Waals surface area contributed by atoms with Crippen molar-refractivity contribution in [2.75, 3.05) is 11.9 Å². The molecular formula is C12H17N3OS. The lowest BCUT2D eigenvalue weighted by Crippen LogP contribution is -2.26. The highest BCUT2D eigenvalue weighted by Gasteiger charge is 2.23. The molecule has 0 spiro atoms. The van der Waals surface area contributed by atoms with Gasteiger partial charge in [-0.25, -0.2) is 0 Å². The highest BCUT2D eigenvalue weighted by molar-refractivity contribution is 8.00. The Bertz CT molecular complexity index is 436. The third-order valence-corrected chi connectivity index (χ3v) is 4.02. The standard InChI is InChI=1S/C12H17N3OS/c1-7-12(16)15-10-6-8(9(14)4-5-13)2-3-11(10)17-7/h2-3,6-7,9H,4-5,13-14H2,1H3,(H,15,16). The molecule has 5 N–H and O–H groups in total. The number of benzene rings is 1. The minimum Gasteiger partial charge on any atom is -0.330 e. The van der Waals surface area contributed by atoms with E-state index >= 15 is 0 Å². The molecule has 0 aliphatic carbocycles. The molecule has 0 saturated carbocycles. The van der Waals surface area contributed by atoms with Crippen LogP contribution in [-0.4, -0.2) is 17.7 Å². The number of hydrogen-bond acceptors (Lipinski definition) is 4. The Morgan fingerprint density at radius 2 is 2.29 bits per heavy atom. The van der Waals surface area contributed by atoms with Crippen LogP contribution in [0.25, 0.3) is 0 Å². The van der Waals surface area contributed by atoms with Crippen molar-refractivity contribution in [3.8, 4) is 0 Å². The van der Waals surface area contributed by atoms with Gasteiger partial charge in [-0.1, -0.05) is 6.07 Å². The molecule has 0 radical (unpaired) electrons. The molecule has 0 aromatic heterocycles. The Labute approximate surface area is 105 Å². The van der Waals surface area contributed by atoms with E-state index in [9.17, 15) is 4.79 Å². The topological polar surface area (TPSA) is 81.1 Å². The molecule has 2 rings (SSSR count). The maximum Gasteiger partial charge on any atom is 0.237 e. The Morgan fingerprint density at radius 1 is 1.53 bits per heavy atom. The third kappa shape index (κ3) is 2.62. The maximum atomic E-state index is 11.6. The number of fused-ring (bicyclic) bond motifs is 1. The van der Waals surface area contributed by atoms with Crippen molar-refractivity contribution in [1.29, 1.82) is 0 Å². The van der Waals surface area contributed by atoms with Crippen molar-refractivity contribution in [2.45, 2.75) is 29.5 Å². The zero-order valence-corrected chi connectivity index (χ0v) is 10.6. The predicted octanol–water partition coefficient (Wildman–Crippen LogP) is 1.47. The smallest absolute Gasteiger partial charge is 0.237 e. The normalized spacial score (nSPS) is 20.6. The number of hydrogen-bond donors (Lipinski definition) is 3. The van der Waals surface area contributed by atoms with Gasteiger partial charge in [0.15, 0.2) is 0 Å². The first kappa shape index (κ1) is 12.4. The van der Waals surface area contributed by atoms with Crippen molar-refractivity contribution in [3.63, 3.8) is 0 Å². The molecule has 2 unspecified atom stereocenters. The van der Waals surface area contributed by atoms with E-state index < -0.39 is 0 Å². The largest absolute Gasteiger partial charge is 0.330 e. The summed E-state index contributed by atoms with van der Waals surface area (Å²) in [6, 6.07) is 5.91. The fourth-order valence-corrected chi connectivity index (χ4v) is 2.73. The zero-order valence-electron chi connectivity index (χ0n) is 9.77. The van der Waals surface area contributed by atoms with Gasteiger partial charge >= 0.3 is 0 Å². The van der Waals surface area contributed by atoms with E-state index in [1.807, 2.05) is 25.1 Å². The number of nitrogens with two attached hydrogens (primary N) is 2. The molecule has 2 atom stereocenters. The third-order valence-electron chi connectivity index (χ3n) is 2.84. The first-order valence-corrected chi connectivity index (χ1v) is 6.57. The minimum atomic E-state index is -0.0634. The SMILES string of the molecule is CC1Sc2ccc(C(N)CCN)cc2NC1=O. The second-order valence-corrected chi connectivity index (χ2v) is 5.57. The molecular weight excluding hydrogens is 234 g/mol. The van der Waals surface area contributed by atoms with Crippen LogP contribution in [0.1, 0.15) is 24.9 Å². The van der Waals surface area contributed by atoms with E-state index in [0.717, 1.165) is 22.6 Å². The summed E-state index contributed by atoms with van der Waals surface area (Å²) in [6.45, 7) is 2.47. The lowest BCUT2D eigenvalue weighted by atomic mass is 10.0. The number of nitrogens with one attached hydrogen (secondary N) is 1. The summed E-state index contributed by atoms with van der Waals surface area (Å²) < 4.78 is 0. The van der Waals surface area contributed by atoms with E-state index in [0.29, 0.717) is 6.54 Å². The van der Waals surface area contributed by atoms with Gasteiger partial charge in [0.05, 0.1) is 10.9 Å². The van der Waals surface area contributed by atoms with E-state index in [-0.39, 0.29) is 17.2 Å². The van der Waals surface area contributed by atoms with Gasteiger partial charge in [-0.15, -0.1) is 11.8 Å². The predicted molar refractivity (Wildman–Crippen MR) is 71.0 cm³/mol. The quantitative estimate of drug-likeness (QED) is 0.760. The number of carbonyl (C=O) groups excluding carboxylic acids is 1. The number of thioether (sulfide) groups is 1. The maximum absolute atomic E-state index is 11.6. The number of anilines is 1. The molecule has 4 nitrogen and oxygen atoms in total. The van der Waals surface area contributed by atoms with E-state index in [1.54, 1.807) is 11.8 Å². The molecule has 92 valence electrons. The Hall–Kier alpha value is -1.04. The average Bonchev–Trinajstić information content (AvgIpc) is 2.30. The van der Waals surface area contributed by atoms with Gasteiger partial charge in [0, 0.05) is 10.9 Å². The Morgan fingerprint density at radius 3 is 3.00 bits per heavy atom. The molecule has 17 heavy (non-hydrogen) atoms. The first-order chi connectivity index (χ1) is 8.11. The second-order valence-electron chi connectivity index (χ2n) is 4.19. The van der Waals surface area contributed by atoms with Crippen molar-refractivity contribution in [2.24, 2.45) is 11.5 Å². The molecule has 1 aromatic carbocycles. The number of rotatable bonds is 3. The van der Waals surface area contributed by atoms with Gasteiger partial charge in [0.1, 0.15) is 0 Å². The average molecular weight is 251 g/mol. The summed E-state index contributed by atoms with van der Waals surface area (Å²) in [7, 11) is 0. The summed E-state index contributed by atoms with van der Waals surface area (Å²) >= 11 is 1.58.